The van der Waals surface area contributed by atoms with Crippen LogP contribution in [-0.4, -0.2) is 105 Å². The van der Waals surface area contributed by atoms with Crippen LogP contribution in [0.15, 0.2) is 59.7 Å². The molecule has 7 rings (SSSR count). The molecule has 0 amide bonds. The lowest BCUT2D eigenvalue weighted by molar-refractivity contribution is -0.205. The standard InChI is InChI=1S/C41H55N9O4/c1-7-39(4)20-32(40(5)26(2)12-14-41(27(3)36(39)53)15-13-31(51)35(40)41)54-33(52)22-43-21-30(47-42)29-10-8-28(9-11-29)23-50-25-46-34-37(44-24-45-38(34)50)49-18-16-48(6)17-19-49/h7-11,21,24-27,32,35-36,53H,1,12-20,22-23,42H2,2-6H3/t26-,27+,32-,35+,36+,39-,40+,41+/m1/s1. The van der Waals surface area contributed by atoms with Crippen LogP contribution in [0.25, 0.3) is 11.2 Å². The second kappa shape index (κ2) is 14.6. The number of benzene rings is 1. The van der Waals surface area contributed by atoms with Gasteiger partial charge in [0.2, 0.25) is 0 Å². The van der Waals surface area contributed by atoms with E-state index in [1.165, 1.54) is 6.21 Å². The first-order valence-corrected chi connectivity index (χ1v) is 19.3. The Balaban J connectivity index is 1.03. The molecule has 0 unspecified atom stereocenters. The van der Waals surface area contributed by atoms with E-state index in [0.717, 1.165) is 73.6 Å². The fourth-order valence-electron chi connectivity index (χ4n) is 10.3. The summed E-state index contributed by atoms with van der Waals surface area (Å²) in [5.41, 5.74) is 2.17. The van der Waals surface area contributed by atoms with Gasteiger partial charge in [0.05, 0.1) is 25.2 Å². The fraction of sp³-hybridized carbons (Fsp3) is 0.585. The molecule has 3 aliphatic carbocycles. The maximum atomic E-state index is 13.7. The largest absolute Gasteiger partial charge is 0.460 e. The van der Waals surface area contributed by atoms with Crippen LogP contribution >= 0.6 is 0 Å². The number of aromatic nitrogens is 4. The highest BCUT2D eigenvalue weighted by atomic mass is 16.5. The van der Waals surface area contributed by atoms with Crippen molar-refractivity contribution < 1.29 is 19.4 Å². The fourth-order valence-corrected chi connectivity index (χ4v) is 10.3. The van der Waals surface area contributed by atoms with Gasteiger partial charge in [-0.25, -0.2) is 15.0 Å². The number of carbonyl (C=O) groups is 2. The predicted octanol–water partition coefficient (Wildman–Crippen LogP) is 4.27. The Kier molecular flexibility index (Phi) is 10.2. The van der Waals surface area contributed by atoms with Crippen LogP contribution < -0.4 is 10.7 Å². The van der Waals surface area contributed by atoms with Gasteiger partial charge in [0.15, 0.2) is 17.0 Å². The number of anilines is 1. The lowest BCUT2D eigenvalue weighted by Crippen LogP contribution is -2.63. The normalized spacial score (nSPS) is 33.4. The highest BCUT2D eigenvalue weighted by Gasteiger charge is 2.68. The van der Waals surface area contributed by atoms with E-state index in [2.05, 4.69) is 69.2 Å². The summed E-state index contributed by atoms with van der Waals surface area (Å²) in [4.78, 5) is 50.0. The minimum absolute atomic E-state index is 0.0890. The van der Waals surface area contributed by atoms with Crippen LogP contribution in [0.3, 0.4) is 0 Å². The monoisotopic (exact) mass is 737 g/mol. The quantitative estimate of drug-likeness (QED) is 0.107. The summed E-state index contributed by atoms with van der Waals surface area (Å²) in [6.07, 6.45) is 8.81. The first kappa shape index (κ1) is 37.8. The van der Waals surface area contributed by atoms with E-state index in [1.807, 2.05) is 35.8 Å². The molecule has 0 spiro atoms. The molecule has 13 heteroatoms. The molecule has 1 aliphatic heterocycles. The molecule has 3 heterocycles. The second-order valence-corrected chi connectivity index (χ2v) is 16.8. The Morgan fingerprint density at radius 3 is 2.56 bits per heavy atom. The Hall–Kier alpha value is -4.49. The molecular formula is C41H55N9O4. The Morgan fingerprint density at radius 2 is 1.85 bits per heavy atom. The second-order valence-electron chi connectivity index (χ2n) is 16.8. The van der Waals surface area contributed by atoms with Crippen LogP contribution in [-0.2, 0) is 20.9 Å². The molecule has 8 atom stereocenters. The van der Waals surface area contributed by atoms with Crippen molar-refractivity contribution in [1.29, 1.82) is 0 Å². The number of ketones is 1. The molecule has 3 N–H and O–H groups in total. The van der Waals surface area contributed by atoms with Gasteiger partial charge in [-0.3, -0.25) is 14.6 Å². The highest BCUT2D eigenvalue weighted by Crippen LogP contribution is 2.68. The molecule has 288 valence electrons. The van der Waals surface area contributed by atoms with E-state index in [9.17, 15) is 14.7 Å². The summed E-state index contributed by atoms with van der Waals surface area (Å²) in [6, 6.07) is 7.83. The number of esters is 1. The number of rotatable bonds is 9. The molecule has 2 bridgehead atoms. The minimum Gasteiger partial charge on any atom is -0.460 e. The molecule has 1 aromatic carbocycles. The van der Waals surface area contributed by atoms with E-state index < -0.39 is 29.0 Å². The smallest absolute Gasteiger partial charge is 0.327 e. The summed E-state index contributed by atoms with van der Waals surface area (Å²) in [5, 5.41) is 15.7. The van der Waals surface area contributed by atoms with Gasteiger partial charge in [0.25, 0.3) is 0 Å². The molecule has 2 aromatic heterocycles. The van der Waals surface area contributed by atoms with E-state index in [4.69, 9.17) is 10.6 Å². The summed E-state index contributed by atoms with van der Waals surface area (Å²) in [5.74, 6) is 6.16. The summed E-state index contributed by atoms with van der Waals surface area (Å²) >= 11 is 0. The van der Waals surface area contributed by atoms with Gasteiger partial charge in [-0.1, -0.05) is 58.0 Å². The predicted molar refractivity (Wildman–Crippen MR) is 209 cm³/mol. The number of carbonyl (C=O) groups excluding carboxylic acids is 2. The average Bonchev–Trinajstić information content (AvgIpc) is 3.75. The van der Waals surface area contributed by atoms with Gasteiger partial charge in [-0.05, 0) is 55.5 Å². The van der Waals surface area contributed by atoms with E-state index >= 15 is 0 Å². The number of imidazole rings is 1. The molecule has 3 saturated carbocycles. The molecule has 4 fully saturated rings. The number of nitrogens with zero attached hydrogens (tertiary/aromatic N) is 8. The number of hydrogen-bond donors (Lipinski definition) is 2. The number of Topliss-reactive ketones (excluding diaryl/α,β-unsaturated/α-hetero) is 1. The Morgan fingerprint density at radius 1 is 1.11 bits per heavy atom. The van der Waals surface area contributed by atoms with Crippen molar-refractivity contribution in [1.82, 2.24) is 24.4 Å². The third-order valence-corrected chi connectivity index (χ3v) is 13.9. The van der Waals surface area contributed by atoms with Gasteiger partial charge in [0.1, 0.15) is 30.5 Å². The first-order valence-electron chi connectivity index (χ1n) is 19.3. The number of hydrogen-bond acceptors (Lipinski definition) is 12. The van der Waals surface area contributed by atoms with Crippen molar-refractivity contribution in [3.63, 3.8) is 0 Å². The maximum Gasteiger partial charge on any atom is 0.327 e. The van der Waals surface area contributed by atoms with Gasteiger partial charge in [-0.2, -0.15) is 5.10 Å². The zero-order valence-electron chi connectivity index (χ0n) is 32.3. The van der Waals surface area contributed by atoms with E-state index in [1.54, 1.807) is 18.7 Å². The maximum absolute atomic E-state index is 13.7. The number of aliphatic imine (C=N–C) groups is 1. The van der Waals surface area contributed by atoms with Crippen LogP contribution in [0, 0.1) is 34.0 Å². The molecule has 13 nitrogen and oxygen atoms in total. The van der Waals surface area contributed by atoms with Crippen molar-refractivity contribution in [2.45, 2.75) is 78.6 Å². The number of aliphatic hydroxyl groups excluding tert-OH is 1. The number of nitrogens with two attached hydrogens (primary N) is 1. The number of aliphatic hydroxyl groups is 1. The first-order chi connectivity index (χ1) is 25.8. The third kappa shape index (κ3) is 6.42. The van der Waals surface area contributed by atoms with Gasteiger partial charge < -0.3 is 30.1 Å². The van der Waals surface area contributed by atoms with Crippen molar-refractivity contribution in [3.05, 3.63) is 60.7 Å². The van der Waals surface area contributed by atoms with Crippen molar-refractivity contribution in [2.24, 2.45) is 49.9 Å². The summed E-state index contributed by atoms with van der Waals surface area (Å²) in [6.45, 7) is 16.6. The number of fused-ring (bicyclic) bond motifs is 1. The molecule has 1 saturated heterocycles. The summed E-state index contributed by atoms with van der Waals surface area (Å²) in [7, 11) is 2.13. The number of ether oxygens (including phenoxy) is 1. The van der Waals surface area contributed by atoms with Crippen LogP contribution in [0.5, 0.6) is 0 Å². The van der Waals surface area contributed by atoms with Gasteiger partial charge in [-0.15, -0.1) is 6.58 Å². The van der Waals surface area contributed by atoms with Crippen LogP contribution in [0.1, 0.15) is 70.9 Å². The number of hydrazone groups is 1. The van der Waals surface area contributed by atoms with Crippen molar-refractivity contribution in [3.8, 4) is 0 Å². The Labute approximate surface area is 317 Å². The molecular weight excluding hydrogens is 683 g/mol. The third-order valence-electron chi connectivity index (χ3n) is 13.9. The molecule has 4 aliphatic rings. The minimum atomic E-state index is -0.719. The van der Waals surface area contributed by atoms with Crippen LogP contribution in [0.2, 0.25) is 0 Å². The van der Waals surface area contributed by atoms with Crippen LogP contribution in [0.4, 0.5) is 5.82 Å². The molecule has 54 heavy (non-hydrogen) atoms. The topological polar surface area (TPSA) is 164 Å². The SMILES string of the molecule is C=C[C@]1(C)C[C@@H](OC(=O)CN=CC(=NN)c2ccc(Cn3cnc4c(N5CCN(C)CC5)ncnc43)cc2)[C@]2(C)[C@H](C)CC[C@]3(CCC(=O)[C@H]32)[C@@H](C)[C@@H]1O. The van der Waals surface area contributed by atoms with Crippen molar-refractivity contribution >= 4 is 40.7 Å². The van der Waals surface area contributed by atoms with Crippen molar-refractivity contribution in [2.75, 3.05) is 44.7 Å². The Bertz CT molecular complexity index is 1950. The number of piperazine rings is 1. The van der Waals surface area contributed by atoms with Gasteiger partial charge in [0, 0.05) is 54.9 Å². The summed E-state index contributed by atoms with van der Waals surface area (Å²) < 4.78 is 8.34. The highest BCUT2D eigenvalue weighted by molar-refractivity contribution is 6.38. The van der Waals surface area contributed by atoms with E-state index in [-0.39, 0.29) is 35.5 Å². The average molecular weight is 738 g/mol. The molecule has 0 radical (unpaired) electrons. The van der Waals surface area contributed by atoms with Gasteiger partial charge >= 0.3 is 5.97 Å². The lowest BCUT2D eigenvalue weighted by atomic mass is 9.44. The molecule has 3 aromatic rings. The zero-order valence-corrected chi connectivity index (χ0v) is 32.3. The zero-order chi connectivity index (χ0) is 38.4. The lowest BCUT2D eigenvalue weighted by Gasteiger charge is -2.61. The van der Waals surface area contributed by atoms with E-state index in [0.29, 0.717) is 25.1 Å². The number of likely N-dealkylation sites (N-methyl/N-ethyl adjacent to an activating group) is 1.